The molecule has 1 rings (SSSR count). The lowest BCUT2D eigenvalue weighted by molar-refractivity contribution is 0.605. The highest BCUT2D eigenvalue weighted by atomic mass is 32.2. The van der Waals surface area contributed by atoms with E-state index in [2.05, 4.69) is 29.7 Å². The first-order valence-corrected chi connectivity index (χ1v) is 8.20. The van der Waals surface area contributed by atoms with E-state index >= 15 is 0 Å². The van der Waals surface area contributed by atoms with Crippen molar-refractivity contribution in [3.05, 3.63) is 24.4 Å². The molecule has 0 radical (unpaired) electrons. The highest BCUT2D eigenvalue weighted by molar-refractivity contribution is 7.99. The van der Waals surface area contributed by atoms with E-state index in [4.69, 9.17) is 0 Å². The molecular weight excluding hydrogens is 246 g/mol. The largest absolute Gasteiger partial charge is 0.250 e. The monoisotopic (exact) mass is 269 g/mol. The van der Waals surface area contributed by atoms with Crippen molar-refractivity contribution in [2.75, 3.05) is 11.5 Å². The number of rotatable bonds is 10. The number of thiol groups is 1. The maximum atomic E-state index is 4.30. The van der Waals surface area contributed by atoms with Crippen LogP contribution in [0.25, 0.3) is 0 Å². The molecule has 0 aliphatic rings. The van der Waals surface area contributed by atoms with E-state index in [9.17, 15) is 0 Å². The Balaban J connectivity index is 1.85. The lowest BCUT2D eigenvalue weighted by Gasteiger charge is -2.01. The number of aromatic nitrogens is 1. The van der Waals surface area contributed by atoms with Gasteiger partial charge in [-0.2, -0.15) is 12.6 Å². The molecule has 3 heteroatoms. The van der Waals surface area contributed by atoms with Gasteiger partial charge in [0.05, 0.1) is 5.03 Å². The summed E-state index contributed by atoms with van der Waals surface area (Å²) in [5.41, 5.74) is 0. The van der Waals surface area contributed by atoms with E-state index in [0.29, 0.717) is 0 Å². The number of hydrogen-bond donors (Lipinski definition) is 1. The number of unbranched alkanes of at least 4 members (excludes halogenated alkanes) is 6. The minimum absolute atomic E-state index is 1.04. The van der Waals surface area contributed by atoms with Crippen LogP contribution < -0.4 is 0 Å². The topological polar surface area (TPSA) is 12.9 Å². The van der Waals surface area contributed by atoms with Gasteiger partial charge in [0.15, 0.2) is 0 Å². The second kappa shape index (κ2) is 11.0. The summed E-state index contributed by atoms with van der Waals surface area (Å²) in [6.07, 6.45) is 11.3. The van der Waals surface area contributed by atoms with Gasteiger partial charge in [-0.05, 0) is 36.5 Å². The predicted molar refractivity (Wildman–Crippen MR) is 81.1 cm³/mol. The molecule has 0 amide bonds. The molecule has 0 saturated heterocycles. The van der Waals surface area contributed by atoms with Gasteiger partial charge in [-0.3, -0.25) is 0 Å². The van der Waals surface area contributed by atoms with Crippen LogP contribution in [0, 0.1) is 0 Å². The third-order valence-corrected chi connectivity index (χ3v) is 4.04. The zero-order valence-corrected chi connectivity index (χ0v) is 12.2. The number of hydrogen-bond acceptors (Lipinski definition) is 3. The van der Waals surface area contributed by atoms with Gasteiger partial charge in [0.2, 0.25) is 0 Å². The Morgan fingerprint density at radius 2 is 1.65 bits per heavy atom. The lowest BCUT2D eigenvalue weighted by Crippen LogP contribution is -1.85. The Morgan fingerprint density at radius 1 is 0.941 bits per heavy atom. The second-order valence-corrected chi connectivity index (χ2v) is 5.78. The summed E-state index contributed by atoms with van der Waals surface area (Å²) < 4.78 is 0. The smallest absolute Gasteiger partial charge is 0.0959 e. The highest BCUT2D eigenvalue weighted by Gasteiger charge is 1.95. The van der Waals surface area contributed by atoms with Crippen LogP contribution in [0.3, 0.4) is 0 Å². The molecule has 17 heavy (non-hydrogen) atoms. The van der Waals surface area contributed by atoms with Crippen LogP contribution in [0.15, 0.2) is 29.4 Å². The molecule has 0 spiro atoms. The van der Waals surface area contributed by atoms with E-state index < -0.39 is 0 Å². The van der Waals surface area contributed by atoms with Gasteiger partial charge < -0.3 is 0 Å². The van der Waals surface area contributed by atoms with Crippen molar-refractivity contribution in [2.24, 2.45) is 0 Å². The van der Waals surface area contributed by atoms with Gasteiger partial charge in [-0.15, -0.1) is 11.8 Å². The SMILES string of the molecule is SCCCCCCCCCSc1ccccn1. The normalized spacial score (nSPS) is 10.6. The fraction of sp³-hybridized carbons (Fsp3) is 0.643. The fourth-order valence-corrected chi connectivity index (χ4v) is 2.80. The minimum Gasteiger partial charge on any atom is -0.250 e. The third-order valence-electron chi connectivity index (χ3n) is 2.69. The maximum absolute atomic E-state index is 4.30. The molecule has 0 N–H and O–H groups in total. The highest BCUT2D eigenvalue weighted by Crippen LogP contribution is 2.17. The maximum Gasteiger partial charge on any atom is 0.0959 e. The van der Waals surface area contributed by atoms with Gasteiger partial charge in [0.25, 0.3) is 0 Å². The Bertz CT molecular complexity index is 264. The second-order valence-electron chi connectivity index (χ2n) is 4.21. The molecule has 0 aromatic carbocycles. The van der Waals surface area contributed by atoms with Crippen LogP contribution >= 0.6 is 24.4 Å². The number of nitrogens with zero attached hydrogens (tertiary/aromatic N) is 1. The quantitative estimate of drug-likeness (QED) is 0.371. The molecule has 0 atom stereocenters. The first-order valence-electron chi connectivity index (χ1n) is 6.58. The van der Waals surface area contributed by atoms with Crippen LogP contribution in [0.4, 0.5) is 0 Å². The Morgan fingerprint density at radius 3 is 2.29 bits per heavy atom. The molecular formula is C14H23NS2. The molecule has 1 nitrogen and oxygen atoms in total. The van der Waals surface area contributed by atoms with Crippen LogP contribution in [-0.4, -0.2) is 16.5 Å². The van der Waals surface area contributed by atoms with Gasteiger partial charge in [0.1, 0.15) is 0 Å². The van der Waals surface area contributed by atoms with E-state index in [-0.39, 0.29) is 0 Å². The molecule has 1 aromatic heterocycles. The van der Waals surface area contributed by atoms with Crippen LogP contribution in [0.1, 0.15) is 44.9 Å². The number of pyridine rings is 1. The summed E-state index contributed by atoms with van der Waals surface area (Å²) in [5, 5.41) is 1.15. The van der Waals surface area contributed by atoms with Crippen LogP contribution in [-0.2, 0) is 0 Å². The van der Waals surface area contributed by atoms with E-state index in [1.807, 2.05) is 24.0 Å². The summed E-state index contributed by atoms with van der Waals surface area (Å²) in [6, 6.07) is 6.10. The molecule has 1 aromatic rings. The van der Waals surface area contributed by atoms with Crippen molar-refractivity contribution < 1.29 is 0 Å². The molecule has 0 unspecified atom stereocenters. The Kier molecular flexibility index (Phi) is 9.62. The average molecular weight is 269 g/mol. The van der Waals surface area contributed by atoms with Crippen molar-refractivity contribution >= 4 is 24.4 Å². The first-order chi connectivity index (χ1) is 8.43. The van der Waals surface area contributed by atoms with Crippen molar-refractivity contribution in [2.45, 2.75) is 50.0 Å². The molecule has 1 heterocycles. The van der Waals surface area contributed by atoms with Crippen molar-refractivity contribution in [1.82, 2.24) is 4.98 Å². The van der Waals surface area contributed by atoms with Crippen molar-refractivity contribution in [1.29, 1.82) is 0 Å². The molecule has 0 aliphatic carbocycles. The summed E-state index contributed by atoms with van der Waals surface area (Å²) in [6.45, 7) is 0. The Labute approximate surface area is 115 Å². The standard InChI is InChI=1S/C14H23NS2/c16-12-8-4-2-1-3-5-9-13-17-14-10-6-7-11-15-14/h6-7,10-11,16H,1-5,8-9,12-13H2. The molecule has 0 fully saturated rings. The van der Waals surface area contributed by atoms with E-state index in [0.717, 1.165) is 10.8 Å². The summed E-state index contributed by atoms with van der Waals surface area (Å²) >= 11 is 6.09. The minimum atomic E-state index is 1.04. The molecule has 96 valence electrons. The van der Waals surface area contributed by atoms with Gasteiger partial charge in [-0.1, -0.05) is 38.2 Å². The third kappa shape index (κ3) is 8.56. The van der Waals surface area contributed by atoms with Crippen LogP contribution in [0.2, 0.25) is 0 Å². The van der Waals surface area contributed by atoms with Gasteiger partial charge in [0, 0.05) is 6.20 Å². The van der Waals surface area contributed by atoms with Crippen molar-refractivity contribution in [3.8, 4) is 0 Å². The average Bonchev–Trinajstić information content (AvgIpc) is 2.38. The zero-order chi connectivity index (χ0) is 12.2. The summed E-state index contributed by atoms with van der Waals surface area (Å²) in [5.74, 6) is 2.24. The number of thioether (sulfide) groups is 1. The van der Waals surface area contributed by atoms with Gasteiger partial charge in [-0.25, -0.2) is 4.98 Å². The Hall–Kier alpha value is -0.150. The summed E-state index contributed by atoms with van der Waals surface area (Å²) in [4.78, 5) is 4.30. The van der Waals surface area contributed by atoms with Gasteiger partial charge >= 0.3 is 0 Å². The van der Waals surface area contributed by atoms with Crippen molar-refractivity contribution in [3.63, 3.8) is 0 Å². The lowest BCUT2D eigenvalue weighted by atomic mass is 10.1. The molecule has 0 bridgehead atoms. The summed E-state index contributed by atoms with van der Waals surface area (Å²) in [7, 11) is 0. The fourth-order valence-electron chi connectivity index (χ4n) is 1.71. The van der Waals surface area contributed by atoms with E-state index in [1.165, 1.54) is 50.7 Å². The first kappa shape index (κ1) is 14.9. The predicted octanol–water partition coefficient (Wildman–Crippen LogP) is 4.83. The van der Waals surface area contributed by atoms with E-state index in [1.54, 1.807) is 0 Å². The van der Waals surface area contributed by atoms with Crippen LogP contribution in [0.5, 0.6) is 0 Å². The molecule has 0 aliphatic heterocycles. The zero-order valence-electron chi connectivity index (χ0n) is 10.5. The molecule has 0 saturated carbocycles.